The van der Waals surface area contributed by atoms with E-state index in [4.69, 9.17) is 11.6 Å². The number of halogens is 1. The van der Waals surface area contributed by atoms with Gasteiger partial charge in [0.1, 0.15) is 0 Å². The number of hydrogen-bond donors (Lipinski definition) is 2. The number of fused-ring (bicyclic) bond motifs is 1. The number of rotatable bonds is 2. The number of nitrogens with one attached hydrogen (secondary N) is 2. The first-order chi connectivity index (χ1) is 8.72. The molecule has 2 N–H and O–H groups in total. The third-order valence-corrected chi connectivity index (χ3v) is 3.42. The van der Waals surface area contributed by atoms with Crippen molar-refractivity contribution < 1.29 is 0 Å². The maximum absolute atomic E-state index is 6.11. The summed E-state index contributed by atoms with van der Waals surface area (Å²) in [5.41, 5.74) is 4.29. The predicted molar refractivity (Wildman–Crippen MR) is 77.8 cm³/mol. The van der Waals surface area contributed by atoms with Gasteiger partial charge in [0.2, 0.25) is 0 Å². The number of hydrogen-bond acceptors (Lipinski definition) is 1. The van der Waals surface area contributed by atoms with Crippen molar-refractivity contribution in [1.29, 1.82) is 0 Å². The van der Waals surface area contributed by atoms with E-state index in [1.54, 1.807) is 0 Å². The smallest absolute Gasteiger partial charge is 0.0455 e. The first-order valence-electron chi connectivity index (χ1n) is 5.83. The Morgan fingerprint density at radius 3 is 2.61 bits per heavy atom. The van der Waals surface area contributed by atoms with E-state index < -0.39 is 0 Å². The molecular weight excluding hydrogens is 244 g/mol. The van der Waals surface area contributed by atoms with Gasteiger partial charge in [-0.2, -0.15) is 0 Å². The average Bonchev–Trinajstić information content (AvgIpc) is 2.81. The normalized spacial score (nSPS) is 10.8. The summed E-state index contributed by atoms with van der Waals surface area (Å²) in [6.45, 7) is 2.00. The zero-order valence-electron chi connectivity index (χ0n) is 10.00. The first-order valence-corrected chi connectivity index (χ1v) is 6.20. The quantitative estimate of drug-likeness (QED) is 0.672. The molecule has 90 valence electrons. The van der Waals surface area contributed by atoms with E-state index in [0.29, 0.717) is 0 Å². The lowest BCUT2D eigenvalue weighted by Gasteiger charge is -2.08. The van der Waals surface area contributed by atoms with Gasteiger partial charge in [-0.15, -0.1) is 0 Å². The average molecular weight is 257 g/mol. The van der Waals surface area contributed by atoms with Crippen molar-refractivity contribution in [3.8, 4) is 0 Å². The molecule has 0 aliphatic rings. The van der Waals surface area contributed by atoms with E-state index in [1.807, 2.05) is 37.4 Å². The third kappa shape index (κ3) is 2.07. The highest BCUT2D eigenvalue weighted by Gasteiger charge is 2.00. The van der Waals surface area contributed by atoms with Crippen LogP contribution in [0.15, 0.2) is 48.7 Å². The predicted octanol–water partition coefficient (Wildman–Crippen LogP) is 4.87. The van der Waals surface area contributed by atoms with Gasteiger partial charge >= 0.3 is 0 Å². The van der Waals surface area contributed by atoms with Crippen LogP contribution in [0.4, 0.5) is 11.4 Å². The Morgan fingerprint density at radius 1 is 1.00 bits per heavy atom. The molecule has 0 aliphatic carbocycles. The Kier molecular flexibility index (Phi) is 2.73. The first kappa shape index (κ1) is 11.2. The lowest BCUT2D eigenvalue weighted by molar-refractivity contribution is 1.45. The van der Waals surface area contributed by atoms with Crippen molar-refractivity contribution in [1.82, 2.24) is 4.98 Å². The molecule has 0 amide bonds. The van der Waals surface area contributed by atoms with Crippen molar-refractivity contribution in [3.05, 3.63) is 59.2 Å². The Balaban J connectivity index is 1.92. The number of aromatic nitrogens is 1. The summed E-state index contributed by atoms with van der Waals surface area (Å²) in [5.74, 6) is 0. The maximum atomic E-state index is 6.11. The van der Waals surface area contributed by atoms with Crippen LogP contribution in [0.1, 0.15) is 5.56 Å². The molecule has 1 aromatic heterocycles. The summed E-state index contributed by atoms with van der Waals surface area (Å²) in [6, 6.07) is 14.3. The van der Waals surface area contributed by atoms with Crippen LogP contribution in [0.5, 0.6) is 0 Å². The number of benzene rings is 2. The van der Waals surface area contributed by atoms with Crippen LogP contribution >= 0.6 is 11.6 Å². The van der Waals surface area contributed by atoms with Crippen LogP contribution in [-0.4, -0.2) is 4.98 Å². The minimum Gasteiger partial charge on any atom is -0.361 e. The standard InChI is InChI=1S/C15H13ClN2/c1-10-2-3-13(9-14(10)16)18-12-4-5-15-11(8-12)6-7-17-15/h2-9,17-18H,1H3. The van der Waals surface area contributed by atoms with E-state index in [9.17, 15) is 0 Å². The van der Waals surface area contributed by atoms with Gasteiger partial charge in [-0.1, -0.05) is 17.7 Å². The zero-order chi connectivity index (χ0) is 12.5. The van der Waals surface area contributed by atoms with Crippen LogP contribution < -0.4 is 5.32 Å². The Labute approximate surface area is 111 Å². The van der Waals surface area contributed by atoms with Gasteiger partial charge in [0.15, 0.2) is 0 Å². The van der Waals surface area contributed by atoms with E-state index >= 15 is 0 Å². The summed E-state index contributed by atoms with van der Waals surface area (Å²) in [4.78, 5) is 3.18. The van der Waals surface area contributed by atoms with Gasteiger partial charge in [0.25, 0.3) is 0 Å². The molecule has 0 fully saturated rings. The molecular formula is C15H13ClN2. The van der Waals surface area contributed by atoms with E-state index in [2.05, 4.69) is 28.5 Å². The summed E-state index contributed by atoms with van der Waals surface area (Å²) < 4.78 is 0. The minimum absolute atomic E-state index is 0.780. The second-order valence-corrected chi connectivity index (χ2v) is 4.78. The fourth-order valence-corrected chi connectivity index (χ4v) is 2.15. The molecule has 0 unspecified atom stereocenters. The minimum atomic E-state index is 0.780. The number of H-pyrrole nitrogens is 1. The molecule has 0 bridgehead atoms. The largest absolute Gasteiger partial charge is 0.361 e. The van der Waals surface area contributed by atoms with E-state index in [0.717, 1.165) is 27.5 Å². The molecule has 2 aromatic carbocycles. The summed E-state index contributed by atoms with van der Waals surface area (Å²) in [7, 11) is 0. The van der Waals surface area contributed by atoms with Crippen molar-refractivity contribution in [2.45, 2.75) is 6.92 Å². The molecule has 1 heterocycles. The van der Waals surface area contributed by atoms with Crippen LogP contribution in [0.25, 0.3) is 10.9 Å². The topological polar surface area (TPSA) is 27.8 Å². The molecule has 3 rings (SSSR count). The van der Waals surface area contributed by atoms with Crippen LogP contribution in [0, 0.1) is 6.92 Å². The van der Waals surface area contributed by atoms with Crippen LogP contribution in [-0.2, 0) is 0 Å². The highest BCUT2D eigenvalue weighted by molar-refractivity contribution is 6.31. The van der Waals surface area contributed by atoms with Crippen LogP contribution in [0.3, 0.4) is 0 Å². The Bertz CT molecular complexity index is 701. The number of aryl methyl sites for hydroxylation is 1. The molecule has 0 saturated heterocycles. The lowest BCUT2D eigenvalue weighted by atomic mass is 10.2. The number of aromatic amines is 1. The summed E-state index contributed by atoms with van der Waals surface area (Å²) in [6.07, 6.45) is 1.94. The van der Waals surface area contributed by atoms with E-state index in [-0.39, 0.29) is 0 Å². The molecule has 0 saturated carbocycles. The molecule has 18 heavy (non-hydrogen) atoms. The fourth-order valence-electron chi connectivity index (χ4n) is 1.97. The Hall–Kier alpha value is -1.93. The molecule has 0 radical (unpaired) electrons. The highest BCUT2D eigenvalue weighted by Crippen LogP contribution is 2.25. The maximum Gasteiger partial charge on any atom is 0.0455 e. The summed E-state index contributed by atoms with van der Waals surface area (Å²) in [5, 5.41) is 5.33. The fraction of sp³-hybridized carbons (Fsp3) is 0.0667. The molecule has 2 nitrogen and oxygen atoms in total. The number of anilines is 2. The van der Waals surface area contributed by atoms with Gasteiger partial charge in [0.05, 0.1) is 0 Å². The van der Waals surface area contributed by atoms with Gasteiger partial charge in [-0.25, -0.2) is 0 Å². The van der Waals surface area contributed by atoms with Gasteiger partial charge in [-0.05, 0) is 48.9 Å². The third-order valence-electron chi connectivity index (χ3n) is 3.01. The van der Waals surface area contributed by atoms with Gasteiger partial charge < -0.3 is 10.3 Å². The van der Waals surface area contributed by atoms with Crippen molar-refractivity contribution in [2.24, 2.45) is 0 Å². The molecule has 0 atom stereocenters. The lowest BCUT2D eigenvalue weighted by Crippen LogP contribution is -1.90. The van der Waals surface area contributed by atoms with Crippen molar-refractivity contribution in [3.63, 3.8) is 0 Å². The van der Waals surface area contributed by atoms with Crippen molar-refractivity contribution in [2.75, 3.05) is 5.32 Å². The Morgan fingerprint density at radius 2 is 1.78 bits per heavy atom. The van der Waals surface area contributed by atoms with Gasteiger partial charge in [-0.3, -0.25) is 0 Å². The molecule has 0 spiro atoms. The summed E-state index contributed by atoms with van der Waals surface area (Å²) >= 11 is 6.11. The molecule has 0 aliphatic heterocycles. The molecule has 3 aromatic rings. The van der Waals surface area contributed by atoms with E-state index in [1.165, 1.54) is 5.39 Å². The van der Waals surface area contributed by atoms with Gasteiger partial charge in [0, 0.05) is 33.5 Å². The molecule has 3 heteroatoms. The van der Waals surface area contributed by atoms with Crippen LogP contribution in [0.2, 0.25) is 5.02 Å². The monoisotopic (exact) mass is 256 g/mol. The van der Waals surface area contributed by atoms with Crippen molar-refractivity contribution >= 4 is 33.9 Å². The highest BCUT2D eigenvalue weighted by atomic mass is 35.5. The zero-order valence-corrected chi connectivity index (χ0v) is 10.8. The second-order valence-electron chi connectivity index (χ2n) is 4.37. The SMILES string of the molecule is Cc1ccc(Nc2ccc3[nH]ccc3c2)cc1Cl. The second kappa shape index (κ2) is 4.39.